The third-order valence-corrected chi connectivity index (χ3v) is 5.27. The van der Waals surface area contributed by atoms with Gasteiger partial charge in [-0.05, 0) is 42.7 Å². The molecule has 0 fully saturated rings. The Morgan fingerprint density at radius 1 is 1.30 bits per heavy atom. The predicted octanol–water partition coefficient (Wildman–Crippen LogP) is 5.92. The summed E-state index contributed by atoms with van der Waals surface area (Å²) in [5.41, 5.74) is 11.3. The average Bonchev–Trinajstić information content (AvgIpc) is 3.13. The van der Waals surface area contributed by atoms with Crippen LogP contribution >= 0.6 is 11.3 Å². The molecule has 5 heteroatoms. The van der Waals surface area contributed by atoms with Gasteiger partial charge in [-0.15, -0.1) is 11.3 Å². The zero-order valence-corrected chi connectivity index (χ0v) is 17.3. The van der Waals surface area contributed by atoms with E-state index in [1.54, 1.807) is 17.5 Å². The van der Waals surface area contributed by atoms with E-state index in [1.807, 2.05) is 31.2 Å². The van der Waals surface area contributed by atoms with Crippen molar-refractivity contribution in [2.24, 2.45) is 11.7 Å². The minimum Gasteiger partial charge on any atom is -0.325 e. The Hall–Kier alpha value is -2.37. The number of nitrogens with two attached hydrogens (primary N) is 1. The zero-order chi connectivity index (χ0) is 19.8. The molecule has 0 aliphatic carbocycles. The number of nitrogens with zero attached hydrogens (tertiary/aromatic N) is 2. The van der Waals surface area contributed by atoms with Crippen molar-refractivity contribution >= 4 is 33.3 Å². The lowest BCUT2D eigenvalue weighted by Gasteiger charge is -2.04. The number of fused-ring (bicyclic) bond motifs is 1. The molecule has 3 N–H and O–H groups in total. The Labute approximate surface area is 165 Å². The van der Waals surface area contributed by atoms with Crippen molar-refractivity contribution < 1.29 is 0 Å². The van der Waals surface area contributed by atoms with E-state index in [2.05, 4.69) is 37.2 Å². The van der Waals surface area contributed by atoms with Gasteiger partial charge in [-0.25, -0.2) is 4.98 Å². The van der Waals surface area contributed by atoms with E-state index >= 15 is 0 Å². The highest BCUT2D eigenvalue weighted by Gasteiger charge is 2.10. The van der Waals surface area contributed by atoms with E-state index in [0.717, 1.165) is 44.2 Å². The van der Waals surface area contributed by atoms with Gasteiger partial charge in [0.05, 0.1) is 21.6 Å². The second-order valence-electron chi connectivity index (χ2n) is 6.62. The van der Waals surface area contributed by atoms with Crippen LogP contribution in [0.1, 0.15) is 45.5 Å². The van der Waals surface area contributed by atoms with Gasteiger partial charge < -0.3 is 11.1 Å². The van der Waals surface area contributed by atoms with Gasteiger partial charge in [-0.2, -0.15) is 0 Å². The van der Waals surface area contributed by atoms with E-state index in [0.29, 0.717) is 6.54 Å². The largest absolute Gasteiger partial charge is 0.325 e. The summed E-state index contributed by atoms with van der Waals surface area (Å²) in [5, 5.41) is 9.59. The number of hydrogen-bond acceptors (Lipinski definition) is 5. The summed E-state index contributed by atoms with van der Waals surface area (Å²) in [6, 6.07) is 8.00. The van der Waals surface area contributed by atoms with Crippen molar-refractivity contribution in [2.45, 2.75) is 40.7 Å². The molecule has 0 bridgehead atoms. The summed E-state index contributed by atoms with van der Waals surface area (Å²) in [6.45, 7) is 8.98. The van der Waals surface area contributed by atoms with Crippen LogP contribution < -0.4 is 5.73 Å². The number of rotatable bonds is 5. The summed E-state index contributed by atoms with van der Waals surface area (Å²) in [6.07, 6.45) is 6.31. The first kappa shape index (κ1) is 20.9. The maximum atomic E-state index is 7.49. The van der Waals surface area contributed by atoms with Crippen LogP contribution in [0.4, 0.5) is 0 Å². The number of thiophene rings is 1. The fourth-order valence-corrected chi connectivity index (χ4v) is 3.25. The maximum absolute atomic E-state index is 7.49. The quantitative estimate of drug-likeness (QED) is 0.539. The first-order valence-corrected chi connectivity index (χ1v) is 10.1. The molecular weight excluding hydrogens is 352 g/mol. The first-order valence-electron chi connectivity index (χ1n) is 9.24. The van der Waals surface area contributed by atoms with Crippen molar-refractivity contribution in [2.75, 3.05) is 0 Å². The number of allylic oxidation sites excluding steroid dienone is 2. The molecule has 0 aromatic carbocycles. The van der Waals surface area contributed by atoms with Gasteiger partial charge in [-0.3, -0.25) is 4.98 Å². The summed E-state index contributed by atoms with van der Waals surface area (Å²) >= 11 is 1.67. The van der Waals surface area contributed by atoms with Crippen molar-refractivity contribution in [3.63, 3.8) is 0 Å². The first-order chi connectivity index (χ1) is 13.0. The van der Waals surface area contributed by atoms with Crippen LogP contribution in [0, 0.1) is 11.3 Å². The molecule has 0 amide bonds. The third-order valence-electron chi connectivity index (χ3n) is 4.33. The Balaban J connectivity index is 0.000000465. The molecule has 0 unspecified atom stereocenters. The van der Waals surface area contributed by atoms with Gasteiger partial charge >= 0.3 is 0 Å². The topological polar surface area (TPSA) is 75.7 Å². The van der Waals surface area contributed by atoms with E-state index in [4.69, 9.17) is 16.1 Å². The summed E-state index contributed by atoms with van der Waals surface area (Å²) in [5.74, 6) is 0.884. The van der Waals surface area contributed by atoms with Gasteiger partial charge in [0, 0.05) is 35.5 Å². The van der Waals surface area contributed by atoms with Gasteiger partial charge in [0.15, 0.2) is 0 Å². The van der Waals surface area contributed by atoms with Crippen LogP contribution in [0.3, 0.4) is 0 Å². The van der Waals surface area contributed by atoms with Crippen molar-refractivity contribution in [1.82, 2.24) is 9.97 Å². The molecule has 3 aromatic heterocycles. The number of pyridine rings is 2. The number of hydrogen-bond donors (Lipinski definition) is 2. The summed E-state index contributed by atoms with van der Waals surface area (Å²) in [7, 11) is 0. The maximum Gasteiger partial charge on any atom is 0.0895 e. The van der Waals surface area contributed by atoms with Gasteiger partial charge in [0.2, 0.25) is 0 Å². The fraction of sp³-hybridized carbons (Fsp3) is 0.318. The standard InChI is InChI=1S/C17H16N4S.C5H12/c1-2-11(8-18)15-3-4-16-17(21-15)14(10-22-16)12-5-6-20-13(7-12)9-19;1-4-5(2)3/h2-8,10,18H,9,19H2,1H3;5H,4H2,1-3H3/b11-2+,18-8?;. The third kappa shape index (κ3) is 5.31. The Kier molecular flexibility index (Phi) is 7.82. The Morgan fingerprint density at radius 3 is 2.63 bits per heavy atom. The van der Waals surface area contributed by atoms with Crippen molar-refractivity contribution in [3.05, 3.63) is 53.3 Å². The lowest BCUT2D eigenvalue weighted by atomic mass is 10.1. The van der Waals surface area contributed by atoms with Crippen LogP contribution in [-0.2, 0) is 6.54 Å². The smallest absolute Gasteiger partial charge is 0.0895 e. The fourth-order valence-electron chi connectivity index (χ4n) is 2.34. The molecule has 3 aromatic rings. The molecule has 0 radical (unpaired) electrons. The van der Waals surface area contributed by atoms with Gasteiger partial charge in [0.1, 0.15) is 0 Å². The van der Waals surface area contributed by atoms with Crippen molar-refractivity contribution in [1.29, 1.82) is 5.41 Å². The Morgan fingerprint density at radius 2 is 2.04 bits per heavy atom. The van der Waals surface area contributed by atoms with Crippen molar-refractivity contribution in [3.8, 4) is 11.1 Å². The molecule has 0 aliphatic rings. The van der Waals surface area contributed by atoms with Crippen LogP contribution in [0.2, 0.25) is 0 Å². The minimum atomic E-state index is 0.422. The highest BCUT2D eigenvalue weighted by molar-refractivity contribution is 7.17. The Bertz CT molecular complexity index is 925. The zero-order valence-electron chi connectivity index (χ0n) is 16.5. The normalized spacial score (nSPS) is 11.4. The number of nitrogens with one attached hydrogen (secondary N) is 1. The van der Waals surface area contributed by atoms with E-state index in [1.165, 1.54) is 12.6 Å². The van der Waals surface area contributed by atoms with Crippen LogP contribution in [0.5, 0.6) is 0 Å². The lowest BCUT2D eigenvalue weighted by molar-refractivity contribution is 0.626. The van der Waals surface area contributed by atoms with Gasteiger partial charge in [0.25, 0.3) is 0 Å². The highest BCUT2D eigenvalue weighted by Crippen LogP contribution is 2.33. The van der Waals surface area contributed by atoms with E-state index in [-0.39, 0.29) is 0 Å². The molecule has 27 heavy (non-hydrogen) atoms. The summed E-state index contributed by atoms with van der Waals surface area (Å²) in [4.78, 5) is 8.99. The molecule has 0 atom stereocenters. The molecule has 0 spiro atoms. The monoisotopic (exact) mass is 380 g/mol. The lowest BCUT2D eigenvalue weighted by Crippen LogP contribution is -1.99. The number of aromatic nitrogens is 2. The second kappa shape index (κ2) is 10.1. The summed E-state index contributed by atoms with van der Waals surface area (Å²) < 4.78 is 1.13. The highest BCUT2D eigenvalue weighted by atomic mass is 32.1. The molecular formula is C22H28N4S. The molecule has 4 nitrogen and oxygen atoms in total. The van der Waals surface area contributed by atoms with Crippen LogP contribution in [0.15, 0.2) is 41.9 Å². The second-order valence-corrected chi connectivity index (χ2v) is 7.53. The van der Waals surface area contributed by atoms with E-state index in [9.17, 15) is 0 Å². The molecule has 0 aliphatic heterocycles. The minimum absolute atomic E-state index is 0.422. The molecule has 3 rings (SSSR count). The molecule has 142 valence electrons. The molecule has 0 saturated carbocycles. The average molecular weight is 381 g/mol. The van der Waals surface area contributed by atoms with E-state index < -0.39 is 0 Å². The molecule has 3 heterocycles. The van der Waals surface area contributed by atoms with Crippen LogP contribution in [-0.4, -0.2) is 16.2 Å². The van der Waals surface area contributed by atoms with Crippen LogP contribution in [0.25, 0.3) is 26.9 Å². The predicted molar refractivity (Wildman–Crippen MR) is 118 cm³/mol. The van der Waals surface area contributed by atoms with Gasteiger partial charge in [-0.1, -0.05) is 33.3 Å². The molecule has 0 saturated heterocycles. The SMILES string of the molecule is C/C=C(\C=N)c1ccc2scc(-c3ccnc(CN)c3)c2n1.CCC(C)C.